The first-order valence-corrected chi connectivity index (χ1v) is 8.07. The van der Waals surface area contributed by atoms with Crippen LogP contribution in [0.2, 0.25) is 0 Å². The number of hydrogen-bond donors (Lipinski definition) is 3. The van der Waals surface area contributed by atoms with Gasteiger partial charge < -0.3 is 15.3 Å². The number of benzene rings is 1. The number of rotatable bonds is 3. The maximum absolute atomic E-state index is 12.7. The van der Waals surface area contributed by atoms with Gasteiger partial charge in [-0.3, -0.25) is 19.7 Å². The number of nitrogens with zero attached hydrogens (tertiary/aromatic N) is 1. The van der Waals surface area contributed by atoms with E-state index in [1.807, 2.05) is 0 Å². The van der Waals surface area contributed by atoms with Gasteiger partial charge in [0.25, 0.3) is 11.8 Å². The molecule has 2 saturated heterocycles. The number of likely N-dealkylation sites (tertiary alicyclic amines) is 1. The second-order valence-corrected chi connectivity index (χ2v) is 6.54. The summed E-state index contributed by atoms with van der Waals surface area (Å²) in [5.74, 6) is -2.21. The van der Waals surface area contributed by atoms with Crippen LogP contribution in [0, 0.1) is 5.92 Å². The molecule has 0 aliphatic carbocycles. The summed E-state index contributed by atoms with van der Waals surface area (Å²) in [5.41, 5.74) is -0.383. The number of aliphatic carboxylic acids is 1. The Labute approximate surface area is 144 Å². The van der Waals surface area contributed by atoms with Crippen LogP contribution in [-0.2, 0) is 15.1 Å². The van der Waals surface area contributed by atoms with Gasteiger partial charge in [-0.2, -0.15) is 0 Å². The van der Waals surface area contributed by atoms with E-state index in [0.29, 0.717) is 30.5 Å². The van der Waals surface area contributed by atoms with Crippen molar-refractivity contribution in [2.45, 2.75) is 25.3 Å². The fraction of sp³-hybridized carbons (Fsp3) is 0.412. The first-order chi connectivity index (χ1) is 11.8. The number of carboxylic acid groups (broad SMARTS) is 1. The summed E-state index contributed by atoms with van der Waals surface area (Å²) in [4.78, 5) is 48.9. The van der Waals surface area contributed by atoms with Crippen molar-refractivity contribution in [2.75, 3.05) is 13.1 Å². The number of imide groups is 1. The molecule has 2 aliphatic heterocycles. The van der Waals surface area contributed by atoms with Gasteiger partial charge in [0.2, 0.25) is 0 Å². The highest BCUT2D eigenvalue weighted by atomic mass is 16.4. The molecule has 0 spiro atoms. The molecule has 2 fully saturated rings. The molecule has 0 bridgehead atoms. The quantitative estimate of drug-likeness (QED) is 0.697. The van der Waals surface area contributed by atoms with Gasteiger partial charge in [-0.05, 0) is 37.5 Å². The Morgan fingerprint density at radius 3 is 2.72 bits per heavy atom. The van der Waals surface area contributed by atoms with E-state index >= 15 is 0 Å². The Bertz CT molecular complexity index is 762. The second-order valence-electron chi connectivity index (χ2n) is 6.54. The zero-order chi connectivity index (χ0) is 18.2. The molecule has 25 heavy (non-hydrogen) atoms. The summed E-state index contributed by atoms with van der Waals surface area (Å²) in [7, 11) is 0. The van der Waals surface area contributed by atoms with Gasteiger partial charge in [-0.25, -0.2) is 4.79 Å². The maximum Gasteiger partial charge on any atom is 0.322 e. The number of nitrogens with one attached hydrogen (secondary N) is 2. The molecule has 8 nitrogen and oxygen atoms in total. The molecule has 2 atom stereocenters. The molecule has 132 valence electrons. The van der Waals surface area contributed by atoms with Crippen LogP contribution in [0.5, 0.6) is 0 Å². The molecule has 3 N–H and O–H groups in total. The van der Waals surface area contributed by atoms with Gasteiger partial charge in [-0.15, -0.1) is 0 Å². The SMILES string of the molecule is CC1(c2cccc(C(=O)N3CCC[C@H](C(=O)O)C3)c2)NC(=O)NC1=O. The van der Waals surface area contributed by atoms with Gasteiger partial charge in [0.15, 0.2) is 0 Å². The molecular weight excluding hydrogens is 326 g/mol. The summed E-state index contributed by atoms with van der Waals surface area (Å²) < 4.78 is 0. The number of carbonyl (C=O) groups excluding carboxylic acids is 3. The number of urea groups is 1. The van der Waals surface area contributed by atoms with Crippen molar-refractivity contribution in [3.8, 4) is 0 Å². The molecule has 1 unspecified atom stereocenters. The van der Waals surface area contributed by atoms with Crippen LogP contribution in [0.15, 0.2) is 24.3 Å². The van der Waals surface area contributed by atoms with Crippen LogP contribution in [0.4, 0.5) is 4.79 Å². The molecular formula is C17H19N3O5. The average molecular weight is 345 g/mol. The van der Waals surface area contributed by atoms with Crippen LogP contribution in [0.1, 0.15) is 35.7 Å². The molecule has 8 heteroatoms. The summed E-state index contributed by atoms with van der Waals surface area (Å²) >= 11 is 0. The fourth-order valence-electron chi connectivity index (χ4n) is 3.26. The fourth-order valence-corrected chi connectivity index (χ4v) is 3.26. The minimum Gasteiger partial charge on any atom is -0.481 e. The highest BCUT2D eigenvalue weighted by Gasteiger charge is 2.43. The van der Waals surface area contributed by atoms with Crippen molar-refractivity contribution >= 4 is 23.8 Å². The summed E-state index contributed by atoms with van der Waals surface area (Å²) in [6.07, 6.45) is 1.20. The number of hydrogen-bond acceptors (Lipinski definition) is 4. The largest absolute Gasteiger partial charge is 0.481 e. The Morgan fingerprint density at radius 2 is 2.08 bits per heavy atom. The highest BCUT2D eigenvalue weighted by molar-refractivity contribution is 6.07. The van der Waals surface area contributed by atoms with E-state index < -0.39 is 29.4 Å². The minimum atomic E-state index is -1.24. The van der Waals surface area contributed by atoms with E-state index in [9.17, 15) is 19.2 Å². The number of carbonyl (C=O) groups is 4. The van der Waals surface area contributed by atoms with Gasteiger partial charge in [-0.1, -0.05) is 12.1 Å². The Morgan fingerprint density at radius 1 is 1.32 bits per heavy atom. The van der Waals surface area contributed by atoms with Crippen LogP contribution in [0.25, 0.3) is 0 Å². The highest BCUT2D eigenvalue weighted by Crippen LogP contribution is 2.26. The molecule has 3 rings (SSSR count). The van der Waals surface area contributed by atoms with Gasteiger partial charge in [0, 0.05) is 18.7 Å². The monoisotopic (exact) mass is 345 g/mol. The first-order valence-electron chi connectivity index (χ1n) is 8.07. The smallest absolute Gasteiger partial charge is 0.322 e. The normalized spacial score (nSPS) is 26.1. The zero-order valence-electron chi connectivity index (χ0n) is 13.7. The summed E-state index contributed by atoms with van der Waals surface area (Å²) in [6, 6.07) is 5.92. The van der Waals surface area contributed by atoms with Crippen molar-refractivity contribution in [2.24, 2.45) is 5.92 Å². The lowest BCUT2D eigenvalue weighted by molar-refractivity contribution is -0.143. The van der Waals surface area contributed by atoms with Crippen LogP contribution >= 0.6 is 0 Å². The van der Waals surface area contributed by atoms with Crippen molar-refractivity contribution in [3.05, 3.63) is 35.4 Å². The van der Waals surface area contributed by atoms with Crippen LogP contribution in [-0.4, -0.2) is 46.9 Å². The molecule has 4 amide bonds. The lowest BCUT2D eigenvalue weighted by Crippen LogP contribution is -2.43. The molecule has 0 aromatic heterocycles. The molecule has 1 aromatic rings. The van der Waals surface area contributed by atoms with E-state index in [4.69, 9.17) is 5.11 Å². The van der Waals surface area contributed by atoms with E-state index in [0.717, 1.165) is 0 Å². The first kappa shape index (κ1) is 16.9. The summed E-state index contributed by atoms with van der Waals surface area (Å²) in [6.45, 7) is 2.24. The van der Waals surface area contributed by atoms with Crippen molar-refractivity contribution in [3.63, 3.8) is 0 Å². The van der Waals surface area contributed by atoms with E-state index in [-0.39, 0.29) is 12.5 Å². The number of carboxylic acids is 1. The Balaban J connectivity index is 1.84. The predicted octanol–water partition coefficient (Wildman–Crippen LogP) is 0.678. The van der Waals surface area contributed by atoms with E-state index in [2.05, 4.69) is 10.6 Å². The molecule has 2 aliphatic rings. The Hall–Kier alpha value is -2.90. The third-order valence-corrected chi connectivity index (χ3v) is 4.79. The number of piperidine rings is 1. The second kappa shape index (κ2) is 6.19. The maximum atomic E-state index is 12.7. The lowest BCUT2D eigenvalue weighted by Gasteiger charge is -2.31. The standard InChI is InChI=1S/C17H19N3O5/c1-17(15(24)18-16(25)19-17)12-6-2-4-10(8-12)13(21)20-7-3-5-11(9-20)14(22)23/h2,4,6,8,11H,3,5,7,9H2,1H3,(H,22,23)(H2,18,19,24,25)/t11-,17?/m0/s1. The molecule has 0 radical (unpaired) electrons. The summed E-state index contributed by atoms with van der Waals surface area (Å²) in [5, 5.41) is 13.9. The van der Waals surface area contributed by atoms with Crippen molar-refractivity contribution in [1.29, 1.82) is 0 Å². The zero-order valence-corrected chi connectivity index (χ0v) is 13.7. The molecule has 2 heterocycles. The minimum absolute atomic E-state index is 0.173. The molecule has 1 aromatic carbocycles. The van der Waals surface area contributed by atoms with E-state index in [1.165, 1.54) is 4.90 Å². The number of amides is 4. The third-order valence-electron chi connectivity index (χ3n) is 4.79. The van der Waals surface area contributed by atoms with Crippen molar-refractivity contribution in [1.82, 2.24) is 15.5 Å². The Kier molecular flexibility index (Phi) is 4.20. The average Bonchev–Trinajstić information content (AvgIpc) is 2.87. The van der Waals surface area contributed by atoms with E-state index in [1.54, 1.807) is 31.2 Å². The van der Waals surface area contributed by atoms with Crippen LogP contribution in [0.3, 0.4) is 0 Å². The van der Waals surface area contributed by atoms with Crippen LogP contribution < -0.4 is 10.6 Å². The lowest BCUT2D eigenvalue weighted by atomic mass is 9.90. The van der Waals surface area contributed by atoms with Gasteiger partial charge >= 0.3 is 12.0 Å². The third kappa shape index (κ3) is 3.07. The van der Waals surface area contributed by atoms with Gasteiger partial charge in [0.05, 0.1) is 5.92 Å². The molecule has 0 saturated carbocycles. The topological polar surface area (TPSA) is 116 Å². The van der Waals surface area contributed by atoms with Gasteiger partial charge in [0.1, 0.15) is 5.54 Å². The predicted molar refractivity (Wildman–Crippen MR) is 86.7 cm³/mol. The van der Waals surface area contributed by atoms with Crippen molar-refractivity contribution < 1.29 is 24.3 Å².